The van der Waals surface area contributed by atoms with E-state index in [1.54, 1.807) is 19.1 Å². The molecular formula is C31H33F3N2O2. The smallest absolute Gasteiger partial charge is 0.348 e. The minimum atomic E-state index is -4.46. The molecule has 0 spiro atoms. The number of benzene rings is 2. The number of rotatable bonds is 6. The number of carbonyl (C=O) groups excluding carboxylic acids is 2. The second-order valence-electron chi connectivity index (χ2n) is 10.2. The summed E-state index contributed by atoms with van der Waals surface area (Å²) in [7, 11) is 0. The lowest BCUT2D eigenvalue weighted by Crippen LogP contribution is -2.40. The Bertz CT molecular complexity index is 1390. The lowest BCUT2D eigenvalue weighted by atomic mass is 9.88. The molecule has 0 radical (unpaired) electrons. The van der Waals surface area contributed by atoms with Crippen LogP contribution >= 0.6 is 0 Å². The molecule has 2 aromatic carbocycles. The number of halogens is 3. The monoisotopic (exact) mass is 522 g/mol. The Hall–Kier alpha value is -3.61. The Labute approximate surface area is 221 Å². The Morgan fingerprint density at radius 2 is 1.82 bits per heavy atom. The first-order valence-corrected chi connectivity index (χ1v) is 13.0. The number of aryl methyl sites for hydroxylation is 1. The lowest BCUT2D eigenvalue weighted by molar-refractivity contribution is -0.123. The minimum Gasteiger partial charge on any atom is -0.348 e. The molecule has 0 saturated heterocycles. The molecule has 38 heavy (non-hydrogen) atoms. The Kier molecular flexibility index (Phi) is 8.24. The summed E-state index contributed by atoms with van der Waals surface area (Å²) in [6, 6.07) is 11.0. The van der Waals surface area contributed by atoms with Gasteiger partial charge in [-0.3, -0.25) is 9.59 Å². The maximum Gasteiger partial charge on any atom is 0.405 e. The van der Waals surface area contributed by atoms with Crippen molar-refractivity contribution < 1.29 is 22.8 Å². The van der Waals surface area contributed by atoms with Crippen LogP contribution in [-0.4, -0.2) is 35.9 Å². The first-order chi connectivity index (χ1) is 18.0. The number of Topliss-reactive ketones (excluding diaryl/α,β-unsaturated/α-hetero) is 1. The molecule has 2 aromatic rings. The number of hydrogen-bond acceptors (Lipinski definition) is 3. The summed E-state index contributed by atoms with van der Waals surface area (Å²) >= 11 is 0. The topological polar surface area (TPSA) is 49.4 Å². The summed E-state index contributed by atoms with van der Waals surface area (Å²) in [6.07, 6.45) is 5.91. The van der Waals surface area contributed by atoms with Crippen molar-refractivity contribution in [1.82, 2.24) is 10.2 Å². The van der Waals surface area contributed by atoms with Crippen LogP contribution in [0.15, 0.2) is 60.3 Å². The standard InChI is InChI=1S/C31H33F3N2O2/c1-20-10-12-25(13-11-20)29(37)24-8-4-6-23(7-5-9-24)17-36-18-28-22(3)27(15-14-26(28)16-21(36)2)30(38)35-19-31(32,33)34/h8,10-16,18,23H,2,4-7,9,17,19H2,1,3H3,(H,35,38)/b24-8-. The van der Waals surface area contributed by atoms with Gasteiger partial charge in [0.1, 0.15) is 6.54 Å². The predicted molar refractivity (Wildman–Crippen MR) is 144 cm³/mol. The second-order valence-corrected chi connectivity index (χ2v) is 10.2. The molecule has 1 unspecified atom stereocenters. The molecule has 4 rings (SSSR count). The zero-order valence-electron chi connectivity index (χ0n) is 21.8. The second kappa shape index (κ2) is 11.4. The highest BCUT2D eigenvalue weighted by Gasteiger charge is 2.28. The highest BCUT2D eigenvalue weighted by molar-refractivity contribution is 6.08. The Morgan fingerprint density at radius 1 is 1.08 bits per heavy atom. The largest absolute Gasteiger partial charge is 0.405 e. The van der Waals surface area contributed by atoms with Crippen molar-refractivity contribution in [3.8, 4) is 0 Å². The van der Waals surface area contributed by atoms with E-state index in [4.69, 9.17) is 0 Å². The van der Waals surface area contributed by atoms with Gasteiger partial charge in [0.2, 0.25) is 0 Å². The van der Waals surface area contributed by atoms with Gasteiger partial charge in [0.05, 0.1) is 0 Å². The zero-order valence-corrected chi connectivity index (χ0v) is 21.8. The maximum atomic E-state index is 13.0. The van der Waals surface area contributed by atoms with E-state index in [2.05, 4.69) is 17.6 Å². The van der Waals surface area contributed by atoms with E-state index in [0.717, 1.165) is 71.5 Å². The van der Waals surface area contributed by atoms with Gasteiger partial charge >= 0.3 is 6.18 Å². The van der Waals surface area contributed by atoms with Crippen LogP contribution in [0.25, 0.3) is 12.3 Å². The Balaban J connectivity index is 1.45. The third-order valence-corrected chi connectivity index (χ3v) is 7.30. The van der Waals surface area contributed by atoms with E-state index < -0.39 is 18.6 Å². The molecule has 200 valence electrons. The number of hydrogen-bond donors (Lipinski definition) is 1. The molecule has 1 aliphatic carbocycles. The van der Waals surface area contributed by atoms with E-state index in [-0.39, 0.29) is 11.3 Å². The van der Waals surface area contributed by atoms with Gasteiger partial charge in [0.25, 0.3) is 5.91 Å². The predicted octanol–water partition coefficient (Wildman–Crippen LogP) is 5.33. The summed E-state index contributed by atoms with van der Waals surface area (Å²) in [5.74, 6) is -0.239. The maximum absolute atomic E-state index is 13.0. The van der Waals surface area contributed by atoms with Gasteiger partial charge in [-0.05, 0) is 80.4 Å². The molecule has 0 fully saturated rings. The van der Waals surface area contributed by atoms with Crippen molar-refractivity contribution in [2.75, 3.05) is 13.1 Å². The van der Waals surface area contributed by atoms with Crippen LogP contribution in [-0.2, 0) is 0 Å². The van der Waals surface area contributed by atoms with Gasteiger partial charge in [-0.15, -0.1) is 0 Å². The number of carbonyl (C=O) groups is 2. The lowest BCUT2D eigenvalue weighted by Gasteiger charge is -2.29. The van der Waals surface area contributed by atoms with E-state index in [0.29, 0.717) is 11.5 Å². The number of allylic oxidation sites excluding steroid dienone is 3. The van der Waals surface area contributed by atoms with Crippen molar-refractivity contribution in [2.24, 2.45) is 5.92 Å². The van der Waals surface area contributed by atoms with Crippen molar-refractivity contribution in [2.45, 2.75) is 52.1 Å². The van der Waals surface area contributed by atoms with Gasteiger partial charge in [0, 0.05) is 34.8 Å². The molecule has 0 saturated carbocycles. The van der Waals surface area contributed by atoms with Crippen molar-refractivity contribution in [3.05, 3.63) is 93.0 Å². The zero-order chi connectivity index (χ0) is 27.4. The molecule has 1 aliphatic heterocycles. The van der Waals surface area contributed by atoms with Gasteiger partial charge in [-0.25, -0.2) is 0 Å². The van der Waals surface area contributed by atoms with Crippen LogP contribution in [0.3, 0.4) is 0 Å². The summed E-state index contributed by atoms with van der Waals surface area (Å²) in [4.78, 5) is 27.4. The molecule has 0 bridgehead atoms. The summed E-state index contributed by atoms with van der Waals surface area (Å²) in [6.45, 7) is 7.34. The average Bonchev–Trinajstić information content (AvgIpc) is 2.84. The van der Waals surface area contributed by atoms with Gasteiger partial charge < -0.3 is 10.2 Å². The number of ketones is 1. The van der Waals surface area contributed by atoms with E-state index in [9.17, 15) is 22.8 Å². The normalized spacial score (nSPS) is 19.2. The van der Waals surface area contributed by atoms with Crippen molar-refractivity contribution >= 4 is 24.0 Å². The van der Waals surface area contributed by atoms with Gasteiger partial charge in [0.15, 0.2) is 5.78 Å². The number of fused-ring (bicyclic) bond motifs is 1. The van der Waals surface area contributed by atoms with Gasteiger partial charge in [-0.1, -0.05) is 48.6 Å². The number of nitrogens with one attached hydrogen (secondary N) is 1. The first kappa shape index (κ1) is 27.4. The van der Waals surface area contributed by atoms with Crippen LogP contribution in [0, 0.1) is 19.8 Å². The van der Waals surface area contributed by atoms with Crippen LogP contribution in [0.5, 0.6) is 0 Å². The van der Waals surface area contributed by atoms with Crippen LogP contribution in [0.4, 0.5) is 13.2 Å². The Morgan fingerprint density at radius 3 is 2.53 bits per heavy atom. The molecule has 1 heterocycles. The molecule has 1 atom stereocenters. The molecule has 1 amide bonds. The SMILES string of the molecule is C=C1C=c2ccc(C(=O)NCC(F)(F)F)c(C)c2=CN1CC1CC/C=C(\C(=O)c2ccc(C)cc2)CCC1. The first-order valence-electron chi connectivity index (χ1n) is 13.0. The molecule has 0 aromatic heterocycles. The third-order valence-electron chi connectivity index (χ3n) is 7.30. The van der Waals surface area contributed by atoms with E-state index in [1.165, 1.54) is 0 Å². The average molecular weight is 523 g/mol. The number of amides is 1. The quantitative estimate of drug-likeness (QED) is 0.522. The molecule has 1 N–H and O–H groups in total. The highest BCUT2D eigenvalue weighted by atomic mass is 19.4. The summed E-state index contributed by atoms with van der Waals surface area (Å²) in [5, 5.41) is 3.66. The van der Waals surface area contributed by atoms with Crippen LogP contribution < -0.4 is 15.8 Å². The van der Waals surface area contributed by atoms with E-state index in [1.807, 2.05) is 48.8 Å². The van der Waals surface area contributed by atoms with Crippen LogP contribution in [0.1, 0.15) is 63.9 Å². The third kappa shape index (κ3) is 6.63. The van der Waals surface area contributed by atoms with Crippen molar-refractivity contribution in [1.29, 1.82) is 0 Å². The summed E-state index contributed by atoms with van der Waals surface area (Å²) in [5.41, 5.74) is 4.44. The number of nitrogens with zero attached hydrogens (tertiary/aromatic N) is 1. The summed E-state index contributed by atoms with van der Waals surface area (Å²) < 4.78 is 37.7. The minimum absolute atomic E-state index is 0.109. The van der Waals surface area contributed by atoms with E-state index >= 15 is 0 Å². The van der Waals surface area contributed by atoms with Crippen molar-refractivity contribution in [3.63, 3.8) is 0 Å². The fourth-order valence-electron chi connectivity index (χ4n) is 5.12. The molecule has 2 aliphatic rings. The number of alkyl halides is 3. The van der Waals surface area contributed by atoms with Gasteiger partial charge in [-0.2, -0.15) is 13.2 Å². The molecular weight excluding hydrogens is 489 g/mol. The molecule has 7 heteroatoms. The fraction of sp³-hybridized carbons (Fsp3) is 0.355. The molecule has 4 nitrogen and oxygen atoms in total. The van der Waals surface area contributed by atoms with Crippen LogP contribution in [0.2, 0.25) is 0 Å². The highest BCUT2D eigenvalue weighted by Crippen LogP contribution is 2.26. The fourth-order valence-corrected chi connectivity index (χ4v) is 5.12.